The van der Waals surface area contributed by atoms with Gasteiger partial charge in [-0.15, -0.1) is 11.3 Å². The van der Waals surface area contributed by atoms with Crippen LogP contribution in [0.25, 0.3) is 47.9 Å². The Balaban J connectivity index is 1.26. The van der Waals surface area contributed by atoms with Gasteiger partial charge in [0.15, 0.2) is 0 Å². The smallest absolute Gasteiger partial charge is 0.260 e. The summed E-state index contributed by atoms with van der Waals surface area (Å²) in [6, 6.07) is 40.3. The highest BCUT2D eigenvalue weighted by Gasteiger charge is 2.41. The van der Waals surface area contributed by atoms with Gasteiger partial charge in [-0.1, -0.05) is 72.8 Å². The average Bonchev–Trinajstić information content (AvgIpc) is 3.56. The lowest BCUT2D eigenvalue weighted by Gasteiger charge is -2.33. The second-order valence-corrected chi connectivity index (χ2v) is 11.7. The van der Waals surface area contributed by atoms with Crippen LogP contribution < -0.4 is 25.9 Å². The molecule has 0 saturated carbocycles. The zero-order chi connectivity index (χ0) is 26.7. The number of nitrogens with zero attached hydrogens (tertiary/aromatic N) is 2. The van der Waals surface area contributed by atoms with Gasteiger partial charge < -0.3 is 9.47 Å². The normalized spacial score (nSPS) is 13.2. The van der Waals surface area contributed by atoms with Crippen molar-refractivity contribution < 1.29 is 9.47 Å². The molecule has 190 valence electrons. The van der Waals surface area contributed by atoms with Crippen molar-refractivity contribution in [2.75, 3.05) is 0 Å². The first kappa shape index (κ1) is 21.7. The number of hydrogen-bond donors (Lipinski definition) is 0. The molecule has 2 aliphatic rings. The summed E-state index contributed by atoms with van der Waals surface area (Å²) in [6.45, 7) is 0.0547. The Hall–Kier alpha value is -5.07. The molecule has 0 amide bonds. The van der Waals surface area contributed by atoms with E-state index in [0.717, 1.165) is 65.6 Å². The van der Waals surface area contributed by atoms with Crippen molar-refractivity contribution in [2.24, 2.45) is 0 Å². The molecule has 41 heavy (non-hydrogen) atoms. The summed E-state index contributed by atoms with van der Waals surface area (Å²) in [5.74, 6) is 4.45. The van der Waals surface area contributed by atoms with Crippen molar-refractivity contribution in [2.45, 2.75) is 0 Å². The van der Waals surface area contributed by atoms with Crippen LogP contribution in [0.4, 0.5) is 0 Å². The van der Waals surface area contributed by atoms with Gasteiger partial charge in [-0.2, -0.15) is 0 Å². The molecule has 3 aromatic heterocycles. The van der Waals surface area contributed by atoms with Crippen LogP contribution >= 0.6 is 11.3 Å². The molecule has 0 N–H and O–H groups in total. The Morgan fingerprint density at radius 2 is 1.24 bits per heavy atom. The van der Waals surface area contributed by atoms with E-state index in [1.165, 1.54) is 21.7 Å². The largest absolute Gasteiger partial charge is 0.458 e. The minimum Gasteiger partial charge on any atom is -0.458 e. The first-order valence-electron chi connectivity index (χ1n) is 13.8. The summed E-state index contributed by atoms with van der Waals surface area (Å²) in [7, 11) is 0. The first-order valence-corrected chi connectivity index (χ1v) is 14.6. The van der Waals surface area contributed by atoms with Gasteiger partial charge in [0.25, 0.3) is 6.71 Å². The number of para-hydroxylation sites is 4. The number of ether oxygens (including phenoxy) is 2. The number of aromatic nitrogens is 2. The molecule has 6 heteroatoms. The maximum Gasteiger partial charge on any atom is 0.260 e. The van der Waals surface area contributed by atoms with Gasteiger partial charge >= 0.3 is 0 Å². The Morgan fingerprint density at radius 1 is 0.610 bits per heavy atom. The van der Waals surface area contributed by atoms with Gasteiger partial charge in [-0.05, 0) is 53.4 Å². The van der Waals surface area contributed by atoms with E-state index in [4.69, 9.17) is 14.5 Å². The predicted molar refractivity (Wildman–Crippen MR) is 169 cm³/mol. The third kappa shape index (κ3) is 2.82. The van der Waals surface area contributed by atoms with E-state index in [2.05, 4.69) is 108 Å². The molecule has 4 nitrogen and oxygen atoms in total. The van der Waals surface area contributed by atoms with Crippen molar-refractivity contribution in [3.05, 3.63) is 115 Å². The maximum atomic E-state index is 6.73. The van der Waals surface area contributed by atoms with Gasteiger partial charge in [0.1, 0.15) is 33.6 Å². The van der Waals surface area contributed by atoms with Crippen LogP contribution in [-0.4, -0.2) is 16.3 Å². The molecule has 0 fully saturated rings. The van der Waals surface area contributed by atoms with Crippen LogP contribution in [0.5, 0.6) is 23.0 Å². The van der Waals surface area contributed by atoms with Gasteiger partial charge in [0.05, 0.1) is 11.0 Å². The lowest BCUT2D eigenvalue weighted by molar-refractivity contribution is 0.469. The van der Waals surface area contributed by atoms with Crippen molar-refractivity contribution in [1.82, 2.24) is 9.55 Å². The molecule has 0 atom stereocenters. The summed E-state index contributed by atoms with van der Waals surface area (Å²) in [4.78, 5) is 6.24. The third-order valence-electron chi connectivity index (χ3n) is 8.56. The van der Waals surface area contributed by atoms with Gasteiger partial charge in [0.2, 0.25) is 0 Å². The summed E-state index contributed by atoms with van der Waals surface area (Å²) in [5, 5.41) is 4.67. The molecular formula is C35H19BN2O2S. The lowest BCUT2D eigenvalue weighted by atomic mass is 9.35. The highest BCUT2D eigenvalue weighted by atomic mass is 32.1. The molecule has 5 heterocycles. The van der Waals surface area contributed by atoms with Gasteiger partial charge in [-0.25, -0.2) is 4.98 Å². The topological polar surface area (TPSA) is 36.3 Å². The highest BCUT2D eigenvalue weighted by molar-refractivity contribution is 7.25. The summed E-state index contributed by atoms with van der Waals surface area (Å²) < 4.78 is 16.6. The Labute approximate surface area is 239 Å². The van der Waals surface area contributed by atoms with Crippen molar-refractivity contribution in [3.8, 4) is 28.8 Å². The fourth-order valence-corrected chi connectivity index (χ4v) is 7.95. The van der Waals surface area contributed by atoms with Crippen molar-refractivity contribution in [3.63, 3.8) is 0 Å². The van der Waals surface area contributed by atoms with Crippen LogP contribution in [0, 0.1) is 0 Å². The van der Waals surface area contributed by atoms with Crippen LogP contribution in [-0.2, 0) is 0 Å². The van der Waals surface area contributed by atoms with E-state index in [9.17, 15) is 0 Å². The Kier molecular flexibility index (Phi) is 4.12. The summed E-state index contributed by atoms with van der Waals surface area (Å²) in [6.07, 6.45) is 0. The Bertz CT molecular complexity index is 2340. The zero-order valence-electron chi connectivity index (χ0n) is 21.7. The van der Waals surface area contributed by atoms with E-state index in [1.54, 1.807) is 11.3 Å². The highest BCUT2D eigenvalue weighted by Crippen LogP contribution is 2.45. The number of fused-ring (bicyclic) bond motifs is 11. The predicted octanol–water partition coefficient (Wildman–Crippen LogP) is 7.27. The van der Waals surface area contributed by atoms with E-state index in [0.29, 0.717) is 0 Å². The van der Waals surface area contributed by atoms with E-state index < -0.39 is 0 Å². The summed E-state index contributed by atoms with van der Waals surface area (Å²) >= 11 is 1.69. The molecule has 0 spiro atoms. The third-order valence-corrected chi connectivity index (χ3v) is 9.60. The minimum atomic E-state index is 0.0547. The van der Waals surface area contributed by atoms with E-state index in [1.807, 2.05) is 12.1 Å². The second kappa shape index (κ2) is 7.77. The maximum absolute atomic E-state index is 6.73. The van der Waals surface area contributed by atoms with E-state index in [-0.39, 0.29) is 6.71 Å². The summed E-state index contributed by atoms with van der Waals surface area (Å²) in [5.41, 5.74) is 5.74. The fourth-order valence-electron chi connectivity index (χ4n) is 6.85. The first-order chi connectivity index (χ1) is 20.3. The SMILES string of the molecule is c1ccc2c(c1)Oc1cc3sc4nc(-n5c6ccccc6c6ccccc65)ccc4c3c3c1B2c1ccccc1O3. The zero-order valence-corrected chi connectivity index (χ0v) is 22.5. The molecule has 5 aromatic carbocycles. The quantitative estimate of drug-likeness (QED) is 0.205. The molecule has 0 bridgehead atoms. The number of pyridine rings is 1. The van der Waals surface area contributed by atoms with Crippen LogP contribution in [0.2, 0.25) is 0 Å². The van der Waals surface area contributed by atoms with Crippen molar-refractivity contribution in [1.29, 1.82) is 0 Å². The number of benzene rings is 5. The lowest BCUT2D eigenvalue weighted by Crippen LogP contribution is -2.57. The van der Waals surface area contributed by atoms with Gasteiger partial charge in [0, 0.05) is 31.7 Å². The monoisotopic (exact) mass is 542 g/mol. The van der Waals surface area contributed by atoms with Crippen LogP contribution in [0.1, 0.15) is 0 Å². The second-order valence-electron chi connectivity index (χ2n) is 10.7. The standard InChI is InChI=1S/C35H19BN2O2S/c1-5-13-25-20(9-1)21-10-2-6-14-26(21)38(25)31-18-17-22-32-30(41-35(22)37-31)19-29-33-34(32)40-28-16-8-4-12-24(28)36(33)23-11-3-7-15-27(23)39-29/h1-19H. The fraction of sp³-hybridized carbons (Fsp3) is 0. The number of thiophene rings is 1. The molecule has 0 saturated heterocycles. The number of rotatable bonds is 1. The Morgan fingerprint density at radius 3 is 1.98 bits per heavy atom. The molecule has 2 aliphatic heterocycles. The molecule has 10 rings (SSSR count). The van der Waals surface area contributed by atoms with Crippen LogP contribution in [0.3, 0.4) is 0 Å². The van der Waals surface area contributed by atoms with Crippen LogP contribution in [0.15, 0.2) is 115 Å². The van der Waals surface area contributed by atoms with Gasteiger partial charge in [-0.3, -0.25) is 4.57 Å². The van der Waals surface area contributed by atoms with E-state index >= 15 is 0 Å². The molecule has 8 aromatic rings. The molecular weight excluding hydrogens is 523 g/mol. The molecule has 0 aliphatic carbocycles. The molecule has 0 unspecified atom stereocenters. The average molecular weight is 542 g/mol. The molecule has 0 radical (unpaired) electrons. The minimum absolute atomic E-state index is 0.0547. The number of hydrogen-bond acceptors (Lipinski definition) is 4. The van der Waals surface area contributed by atoms with Crippen molar-refractivity contribution >= 4 is 76.5 Å².